The van der Waals surface area contributed by atoms with Gasteiger partial charge in [0.15, 0.2) is 0 Å². The molecule has 10 heteroatoms. The summed E-state index contributed by atoms with van der Waals surface area (Å²) in [6.07, 6.45) is 2.49. The largest absolute Gasteiger partial charge is 0.497 e. The van der Waals surface area contributed by atoms with Crippen molar-refractivity contribution in [3.05, 3.63) is 64.8 Å². The minimum absolute atomic E-state index is 0.0306. The molecule has 1 aliphatic heterocycles. The van der Waals surface area contributed by atoms with Crippen molar-refractivity contribution in [2.75, 3.05) is 39.6 Å². The first-order valence-electron chi connectivity index (χ1n) is 12.5. The standard InChI is InChI=1S/C28H31ClF2N2O4S/c1-36-19-5-7-24-20(14-19)27(22(29)15-32-24)25(34)8-3-17-9-10-33(16-21(17)28(35)37-2)11-12-38-26-13-18(30)4-6-23(26)31/h4-7,13-15,17,21,25,34H,3,8-12,16H2,1-2H3/t17?,21-,25-/m1/s1. The van der Waals surface area contributed by atoms with Gasteiger partial charge < -0.3 is 19.5 Å². The summed E-state index contributed by atoms with van der Waals surface area (Å²) in [5, 5.41) is 12.3. The highest BCUT2D eigenvalue weighted by Gasteiger charge is 2.35. The van der Waals surface area contributed by atoms with Crippen LogP contribution in [-0.4, -0.2) is 60.6 Å². The number of halogens is 3. The van der Waals surface area contributed by atoms with E-state index in [9.17, 15) is 18.7 Å². The lowest BCUT2D eigenvalue weighted by molar-refractivity contribution is -0.150. The summed E-state index contributed by atoms with van der Waals surface area (Å²) in [4.78, 5) is 19.4. The van der Waals surface area contributed by atoms with Gasteiger partial charge in [-0.1, -0.05) is 11.6 Å². The summed E-state index contributed by atoms with van der Waals surface area (Å²) in [7, 11) is 2.96. The first-order chi connectivity index (χ1) is 18.3. The predicted octanol–water partition coefficient (Wildman–Crippen LogP) is 5.89. The van der Waals surface area contributed by atoms with Crippen LogP contribution in [0.25, 0.3) is 10.9 Å². The highest BCUT2D eigenvalue weighted by molar-refractivity contribution is 7.99. The fraction of sp³-hybridized carbons (Fsp3) is 0.429. The number of aliphatic hydroxyl groups is 1. The summed E-state index contributed by atoms with van der Waals surface area (Å²) >= 11 is 7.71. The highest BCUT2D eigenvalue weighted by Crippen LogP contribution is 2.37. The van der Waals surface area contributed by atoms with Crippen LogP contribution in [0.1, 0.15) is 30.9 Å². The van der Waals surface area contributed by atoms with Gasteiger partial charge in [-0.25, -0.2) is 8.78 Å². The minimum Gasteiger partial charge on any atom is -0.497 e. The number of carbonyl (C=O) groups excluding carboxylic acids is 1. The number of fused-ring (bicyclic) bond motifs is 1. The van der Waals surface area contributed by atoms with Crippen molar-refractivity contribution in [1.29, 1.82) is 0 Å². The van der Waals surface area contributed by atoms with Crippen molar-refractivity contribution >= 4 is 40.2 Å². The second-order valence-corrected chi connectivity index (χ2v) is 10.9. The molecule has 2 aromatic carbocycles. The smallest absolute Gasteiger partial charge is 0.310 e. The summed E-state index contributed by atoms with van der Waals surface area (Å²) in [5.41, 5.74) is 1.31. The fourth-order valence-corrected chi connectivity index (χ4v) is 6.31. The number of aromatic nitrogens is 1. The second kappa shape index (κ2) is 13.1. The maximum Gasteiger partial charge on any atom is 0.310 e. The molecule has 1 aromatic heterocycles. The molecule has 0 amide bonds. The van der Waals surface area contributed by atoms with Gasteiger partial charge in [0, 0.05) is 40.9 Å². The van der Waals surface area contributed by atoms with Gasteiger partial charge in [0.2, 0.25) is 0 Å². The Balaban J connectivity index is 1.39. The minimum atomic E-state index is -0.839. The molecule has 3 aromatic rings. The van der Waals surface area contributed by atoms with Crippen LogP contribution >= 0.6 is 23.4 Å². The van der Waals surface area contributed by atoms with E-state index in [4.69, 9.17) is 21.1 Å². The zero-order chi connectivity index (χ0) is 27.2. The number of benzene rings is 2. The summed E-state index contributed by atoms with van der Waals surface area (Å²) in [6, 6.07) is 8.87. The topological polar surface area (TPSA) is 71.9 Å². The van der Waals surface area contributed by atoms with E-state index in [1.54, 1.807) is 19.4 Å². The van der Waals surface area contributed by atoms with Gasteiger partial charge in [-0.2, -0.15) is 0 Å². The lowest BCUT2D eigenvalue weighted by Crippen LogP contribution is -2.45. The Morgan fingerprint density at radius 3 is 2.84 bits per heavy atom. The predicted molar refractivity (Wildman–Crippen MR) is 145 cm³/mol. The molecule has 3 atom stereocenters. The molecule has 38 heavy (non-hydrogen) atoms. The van der Waals surface area contributed by atoms with Crippen molar-refractivity contribution in [3.63, 3.8) is 0 Å². The van der Waals surface area contributed by atoms with Crippen molar-refractivity contribution in [2.24, 2.45) is 11.8 Å². The second-order valence-electron chi connectivity index (χ2n) is 9.40. The lowest BCUT2D eigenvalue weighted by atomic mass is 9.81. The number of rotatable bonds is 10. The van der Waals surface area contributed by atoms with Crippen LogP contribution in [0.3, 0.4) is 0 Å². The Bertz CT molecular complexity index is 1280. The van der Waals surface area contributed by atoms with Crippen LogP contribution in [0.5, 0.6) is 5.75 Å². The number of aliphatic hydroxyl groups excluding tert-OH is 1. The third-order valence-electron chi connectivity index (χ3n) is 7.11. The van der Waals surface area contributed by atoms with E-state index in [1.807, 2.05) is 12.1 Å². The van der Waals surface area contributed by atoms with Crippen molar-refractivity contribution < 1.29 is 28.2 Å². The van der Waals surface area contributed by atoms with Crippen molar-refractivity contribution in [2.45, 2.75) is 30.3 Å². The van der Waals surface area contributed by atoms with Gasteiger partial charge in [0.1, 0.15) is 17.4 Å². The number of piperidine rings is 1. The molecule has 204 valence electrons. The zero-order valence-electron chi connectivity index (χ0n) is 21.3. The quantitative estimate of drug-likeness (QED) is 0.243. The maximum atomic E-state index is 13.9. The molecule has 1 fully saturated rings. The molecule has 1 saturated heterocycles. The van der Waals surface area contributed by atoms with E-state index in [0.717, 1.165) is 30.5 Å². The summed E-state index contributed by atoms with van der Waals surface area (Å²) in [6.45, 7) is 1.90. The van der Waals surface area contributed by atoms with Gasteiger partial charge >= 0.3 is 5.97 Å². The van der Waals surface area contributed by atoms with Crippen LogP contribution in [0.4, 0.5) is 8.78 Å². The molecule has 4 rings (SSSR count). The number of hydrogen-bond donors (Lipinski definition) is 1. The number of esters is 1. The molecular formula is C28H31ClF2N2O4S. The van der Waals surface area contributed by atoms with Crippen LogP contribution in [-0.2, 0) is 9.53 Å². The Labute approximate surface area is 230 Å². The van der Waals surface area contributed by atoms with E-state index < -0.39 is 17.7 Å². The number of pyridine rings is 1. The highest BCUT2D eigenvalue weighted by atomic mass is 35.5. The van der Waals surface area contributed by atoms with Gasteiger partial charge in [-0.05, 0) is 68.1 Å². The maximum absolute atomic E-state index is 13.9. The molecule has 2 heterocycles. The Morgan fingerprint density at radius 1 is 1.26 bits per heavy atom. The number of methoxy groups -OCH3 is 2. The monoisotopic (exact) mass is 564 g/mol. The van der Waals surface area contributed by atoms with E-state index >= 15 is 0 Å². The fourth-order valence-electron chi connectivity index (χ4n) is 5.06. The lowest BCUT2D eigenvalue weighted by Gasteiger charge is -2.37. The van der Waals surface area contributed by atoms with Gasteiger partial charge in [-0.15, -0.1) is 11.8 Å². The molecule has 0 bridgehead atoms. The average Bonchev–Trinajstić information content (AvgIpc) is 2.93. The number of ether oxygens (including phenoxy) is 2. The molecule has 6 nitrogen and oxygen atoms in total. The number of thioether (sulfide) groups is 1. The summed E-state index contributed by atoms with van der Waals surface area (Å²) < 4.78 is 37.8. The Hall–Kier alpha value is -2.46. The van der Waals surface area contributed by atoms with Crippen LogP contribution in [0.15, 0.2) is 47.5 Å². The first-order valence-corrected chi connectivity index (χ1v) is 13.8. The van der Waals surface area contributed by atoms with Gasteiger partial charge in [0.05, 0.1) is 36.8 Å². The average molecular weight is 565 g/mol. The SMILES string of the molecule is COC(=O)[C@@H]1CN(CCSc2cc(F)ccc2F)CCC1CC[C@@H](O)c1c(Cl)cnc2ccc(OC)cc12. The van der Waals surface area contributed by atoms with E-state index in [2.05, 4.69) is 9.88 Å². The molecule has 0 spiro atoms. The summed E-state index contributed by atoms with van der Waals surface area (Å²) in [5.74, 6) is -0.301. The number of hydrogen-bond acceptors (Lipinski definition) is 7. The van der Waals surface area contributed by atoms with Crippen LogP contribution < -0.4 is 4.74 Å². The van der Waals surface area contributed by atoms with Crippen LogP contribution in [0, 0.1) is 23.5 Å². The van der Waals surface area contributed by atoms with Crippen molar-refractivity contribution in [3.8, 4) is 5.75 Å². The first kappa shape index (κ1) is 28.5. The molecule has 1 N–H and O–H groups in total. The van der Waals surface area contributed by atoms with Gasteiger partial charge in [0.25, 0.3) is 0 Å². The Morgan fingerprint density at radius 2 is 2.08 bits per heavy atom. The van der Waals surface area contributed by atoms with E-state index in [-0.39, 0.29) is 22.7 Å². The van der Waals surface area contributed by atoms with E-state index in [0.29, 0.717) is 53.5 Å². The third-order valence-corrected chi connectivity index (χ3v) is 8.43. The van der Waals surface area contributed by atoms with E-state index in [1.165, 1.54) is 24.9 Å². The molecule has 1 aliphatic rings. The van der Waals surface area contributed by atoms with Crippen molar-refractivity contribution in [1.82, 2.24) is 9.88 Å². The number of nitrogens with zero attached hydrogens (tertiary/aromatic N) is 2. The number of carbonyl (C=O) groups is 1. The third kappa shape index (κ3) is 6.75. The molecule has 1 unspecified atom stereocenters. The van der Waals surface area contributed by atoms with Crippen LogP contribution in [0.2, 0.25) is 5.02 Å². The Kier molecular flexibility index (Phi) is 9.81. The molecular weight excluding hydrogens is 534 g/mol. The van der Waals surface area contributed by atoms with Gasteiger partial charge in [-0.3, -0.25) is 9.78 Å². The number of likely N-dealkylation sites (tertiary alicyclic amines) is 1. The molecule has 0 radical (unpaired) electrons. The molecule has 0 saturated carbocycles. The molecule has 0 aliphatic carbocycles. The normalized spacial score (nSPS) is 18.9. The zero-order valence-corrected chi connectivity index (χ0v) is 22.9.